The van der Waals surface area contributed by atoms with Gasteiger partial charge < -0.3 is 19.4 Å². The van der Waals surface area contributed by atoms with Gasteiger partial charge in [0, 0.05) is 37.2 Å². The van der Waals surface area contributed by atoms with Crippen LogP contribution < -0.4 is 14.5 Å². The summed E-state index contributed by atoms with van der Waals surface area (Å²) in [5.74, 6) is -0.0314. The van der Waals surface area contributed by atoms with Crippen LogP contribution in [0.15, 0.2) is 36.5 Å². The van der Waals surface area contributed by atoms with Gasteiger partial charge in [-0.15, -0.1) is 0 Å². The molecule has 1 fully saturated rings. The summed E-state index contributed by atoms with van der Waals surface area (Å²) in [4.78, 5) is 28.0. The summed E-state index contributed by atoms with van der Waals surface area (Å²) in [6.07, 6.45) is 3.40. The number of hydrogen-bond donors (Lipinski definition) is 0. The number of aryl methyl sites for hydroxylation is 1. The third kappa shape index (κ3) is 5.64. The number of halogens is 2. The van der Waals surface area contributed by atoms with E-state index in [1.165, 1.54) is 6.07 Å². The van der Waals surface area contributed by atoms with Gasteiger partial charge in [0.1, 0.15) is 23.1 Å². The molecule has 218 valence electrons. The van der Waals surface area contributed by atoms with E-state index in [0.717, 1.165) is 37.7 Å². The molecule has 0 aliphatic carbocycles. The lowest BCUT2D eigenvalue weighted by atomic mass is 9.98. The van der Waals surface area contributed by atoms with Crippen molar-refractivity contribution in [2.75, 3.05) is 37.0 Å². The van der Waals surface area contributed by atoms with Crippen molar-refractivity contribution in [2.24, 2.45) is 0 Å². The van der Waals surface area contributed by atoms with Gasteiger partial charge in [0.25, 0.3) is 5.91 Å². The molecule has 3 aromatic rings. The lowest BCUT2D eigenvalue weighted by Gasteiger charge is -2.41. The SMILES string of the molecule is Cc1cc(-c2nc(Cc3ccc(N4CCC(N(C)C)CC4)c(F)c3)ncc2F)cc2c1OC(C)(C)C(=O)N2C(C)C. The molecule has 9 heteroatoms. The van der Waals surface area contributed by atoms with Crippen molar-refractivity contribution in [1.82, 2.24) is 14.9 Å². The van der Waals surface area contributed by atoms with E-state index in [9.17, 15) is 4.79 Å². The standard InChI is InChI=1S/C32H39F2N5O2/c1-19(2)39-27-17-22(14-20(3)30(27)41-32(4,5)31(39)40)29-25(34)18-35-28(36-29)16-21-8-9-26(24(33)15-21)38-12-10-23(11-13-38)37(6)7/h8-9,14-15,17-19,23H,10-13,16H2,1-7H3. The van der Waals surface area contributed by atoms with Crippen molar-refractivity contribution in [3.05, 3.63) is 65.1 Å². The second-order valence-electron chi connectivity index (χ2n) is 12.1. The molecule has 2 aromatic carbocycles. The first-order chi connectivity index (χ1) is 19.4. The summed E-state index contributed by atoms with van der Waals surface area (Å²) in [7, 11) is 4.17. The molecule has 1 saturated heterocycles. The minimum absolute atomic E-state index is 0.123. The first kappa shape index (κ1) is 28.9. The lowest BCUT2D eigenvalue weighted by molar-refractivity contribution is -0.133. The normalized spacial score (nSPS) is 17.3. The molecule has 0 N–H and O–H groups in total. The Hall–Kier alpha value is -3.59. The van der Waals surface area contributed by atoms with Crippen molar-refractivity contribution in [3.8, 4) is 17.0 Å². The molecular formula is C32H39F2N5O2. The zero-order valence-corrected chi connectivity index (χ0v) is 25.0. The summed E-state index contributed by atoms with van der Waals surface area (Å²) in [6, 6.07) is 9.18. The van der Waals surface area contributed by atoms with Gasteiger partial charge in [-0.25, -0.2) is 18.7 Å². The number of benzene rings is 2. The summed E-state index contributed by atoms with van der Waals surface area (Å²) >= 11 is 0. The maximum atomic E-state index is 15.2. The molecule has 5 rings (SSSR count). The van der Waals surface area contributed by atoms with Crippen LogP contribution in [0, 0.1) is 18.6 Å². The van der Waals surface area contributed by atoms with E-state index < -0.39 is 11.4 Å². The van der Waals surface area contributed by atoms with Gasteiger partial charge in [0.15, 0.2) is 11.4 Å². The molecule has 2 aliphatic heterocycles. The van der Waals surface area contributed by atoms with Gasteiger partial charge in [-0.2, -0.15) is 0 Å². The van der Waals surface area contributed by atoms with Gasteiger partial charge in [-0.3, -0.25) is 4.79 Å². The topological polar surface area (TPSA) is 61.8 Å². The van der Waals surface area contributed by atoms with Crippen molar-refractivity contribution >= 4 is 17.3 Å². The number of aromatic nitrogens is 2. The molecule has 3 heterocycles. The van der Waals surface area contributed by atoms with Crippen LogP contribution in [0.25, 0.3) is 11.3 Å². The van der Waals surface area contributed by atoms with Crippen LogP contribution in [0.5, 0.6) is 5.75 Å². The van der Waals surface area contributed by atoms with Crippen LogP contribution in [0.2, 0.25) is 0 Å². The number of carbonyl (C=O) groups excluding carboxylic acids is 1. The molecule has 0 atom stereocenters. The van der Waals surface area contributed by atoms with E-state index >= 15 is 8.78 Å². The number of amides is 1. The third-order valence-electron chi connectivity index (χ3n) is 8.10. The number of hydrogen-bond acceptors (Lipinski definition) is 6. The van der Waals surface area contributed by atoms with Crippen LogP contribution in [0.3, 0.4) is 0 Å². The van der Waals surface area contributed by atoms with Crippen LogP contribution in [0.4, 0.5) is 20.2 Å². The van der Waals surface area contributed by atoms with Crippen LogP contribution in [-0.4, -0.2) is 65.6 Å². The molecule has 1 amide bonds. The first-order valence-electron chi connectivity index (χ1n) is 14.2. The summed E-state index contributed by atoms with van der Waals surface area (Å²) in [5, 5.41) is 0. The minimum Gasteiger partial charge on any atom is -0.476 e. The highest BCUT2D eigenvalue weighted by molar-refractivity contribution is 6.03. The second kappa shape index (κ2) is 11.0. The Morgan fingerprint density at radius 2 is 1.78 bits per heavy atom. The summed E-state index contributed by atoms with van der Waals surface area (Å²) < 4.78 is 36.4. The fraction of sp³-hybridized carbons (Fsp3) is 0.469. The molecule has 0 radical (unpaired) electrons. The number of rotatable bonds is 6. The highest BCUT2D eigenvalue weighted by Gasteiger charge is 2.43. The third-order valence-corrected chi connectivity index (χ3v) is 8.10. The fourth-order valence-corrected chi connectivity index (χ4v) is 5.83. The molecule has 1 aromatic heterocycles. The van der Waals surface area contributed by atoms with Gasteiger partial charge in [-0.05, 0) is 96.9 Å². The molecule has 41 heavy (non-hydrogen) atoms. The Bertz CT molecular complexity index is 1460. The van der Waals surface area contributed by atoms with Crippen molar-refractivity contribution < 1.29 is 18.3 Å². The lowest BCUT2D eigenvalue weighted by Crippen LogP contribution is -2.55. The van der Waals surface area contributed by atoms with Crippen molar-refractivity contribution in [2.45, 2.75) is 71.6 Å². The highest BCUT2D eigenvalue weighted by atomic mass is 19.1. The Morgan fingerprint density at radius 3 is 2.41 bits per heavy atom. The van der Waals surface area contributed by atoms with E-state index in [-0.39, 0.29) is 29.9 Å². The number of fused-ring (bicyclic) bond motifs is 1. The van der Waals surface area contributed by atoms with Crippen molar-refractivity contribution in [3.63, 3.8) is 0 Å². The monoisotopic (exact) mass is 563 g/mol. The van der Waals surface area contributed by atoms with Crippen LogP contribution in [0.1, 0.15) is 57.5 Å². The molecule has 0 unspecified atom stereocenters. The summed E-state index contributed by atoms with van der Waals surface area (Å²) in [5.41, 5.74) is 2.31. The van der Waals surface area contributed by atoms with Crippen molar-refractivity contribution in [1.29, 1.82) is 0 Å². The maximum Gasteiger partial charge on any atom is 0.270 e. The number of nitrogens with zero attached hydrogens (tertiary/aromatic N) is 5. The molecule has 0 bridgehead atoms. The van der Waals surface area contributed by atoms with E-state index in [4.69, 9.17) is 4.74 Å². The number of ether oxygens (including phenoxy) is 1. The molecule has 0 spiro atoms. The number of anilines is 2. The zero-order chi connectivity index (χ0) is 29.6. The van der Waals surface area contributed by atoms with Gasteiger partial charge in [0.2, 0.25) is 0 Å². The predicted octanol–water partition coefficient (Wildman–Crippen LogP) is 5.76. The molecule has 7 nitrogen and oxygen atoms in total. The van der Waals surface area contributed by atoms with Gasteiger partial charge >= 0.3 is 0 Å². The smallest absolute Gasteiger partial charge is 0.270 e. The predicted molar refractivity (Wildman–Crippen MR) is 158 cm³/mol. The highest BCUT2D eigenvalue weighted by Crippen LogP contribution is 2.44. The average molecular weight is 564 g/mol. The largest absolute Gasteiger partial charge is 0.476 e. The van der Waals surface area contributed by atoms with E-state index in [2.05, 4.69) is 33.9 Å². The van der Waals surface area contributed by atoms with Gasteiger partial charge in [-0.1, -0.05) is 6.07 Å². The fourth-order valence-electron chi connectivity index (χ4n) is 5.83. The average Bonchev–Trinajstić information content (AvgIpc) is 2.91. The first-order valence-corrected chi connectivity index (χ1v) is 14.2. The summed E-state index contributed by atoms with van der Waals surface area (Å²) in [6.45, 7) is 10.9. The Morgan fingerprint density at radius 1 is 1.07 bits per heavy atom. The van der Waals surface area contributed by atoms with E-state index in [1.807, 2.05) is 39.0 Å². The zero-order valence-electron chi connectivity index (χ0n) is 25.0. The second-order valence-corrected chi connectivity index (χ2v) is 12.1. The number of piperidine rings is 1. The van der Waals surface area contributed by atoms with Crippen LogP contribution >= 0.6 is 0 Å². The van der Waals surface area contributed by atoms with Crippen LogP contribution in [-0.2, 0) is 11.2 Å². The Balaban J connectivity index is 1.41. The maximum absolute atomic E-state index is 15.2. The quantitative estimate of drug-likeness (QED) is 0.380. The molecule has 0 saturated carbocycles. The van der Waals surface area contributed by atoms with E-state index in [0.29, 0.717) is 40.1 Å². The van der Waals surface area contributed by atoms with Gasteiger partial charge in [0.05, 0.1) is 17.6 Å². The van der Waals surface area contributed by atoms with E-state index in [1.54, 1.807) is 24.8 Å². The Labute approximate surface area is 241 Å². The molecular weight excluding hydrogens is 524 g/mol. The Kier molecular flexibility index (Phi) is 7.76. The molecule has 2 aliphatic rings. The number of carbonyl (C=O) groups is 1. The minimum atomic E-state index is -1.01.